The fraction of sp³-hybridized carbons (Fsp3) is 0.0870. The topological polar surface area (TPSA) is 23.6 Å². The van der Waals surface area contributed by atoms with Crippen molar-refractivity contribution in [3.05, 3.63) is 180 Å². The molecule has 0 amide bonds. The number of aryl methyl sites for hydroxylation is 4. The van der Waals surface area contributed by atoms with Crippen LogP contribution in [0.4, 0.5) is 34.1 Å². The molecule has 0 saturated heterocycles. The molecule has 0 fully saturated rings. The van der Waals surface area contributed by atoms with Crippen molar-refractivity contribution >= 4 is 44.9 Å². The van der Waals surface area contributed by atoms with Gasteiger partial charge in [-0.25, -0.2) is 4.21 Å². The van der Waals surface area contributed by atoms with E-state index in [1.165, 1.54) is 22.3 Å². The number of hydrogen-bond acceptors (Lipinski definition) is 3. The number of hydrogen-bond donors (Lipinski definition) is 0. The molecule has 1 unspecified atom stereocenters. The molecule has 50 heavy (non-hydrogen) atoms. The molecular weight excluding hydrogens is 629 g/mol. The molecule has 0 aliphatic carbocycles. The highest BCUT2D eigenvalue weighted by Crippen LogP contribution is 2.46. The third-order valence-corrected chi connectivity index (χ3v) is 11.0. The van der Waals surface area contributed by atoms with Crippen LogP contribution in [0.25, 0.3) is 22.3 Å². The molecule has 8 rings (SSSR count). The normalized spacial score (nSPS) is 13.1. The summed E-state index contributed by atoms with van der Waals surface area (Å²) < 4.78 is 14.2. The van der Waals surface area contributed by atoms with Crippen molar-refractivity contribution in [3.8, 4) is 22.3 Å². The quantitative estimate of drug-likeness (QED) is 0.169. The number of rotatable bonds is 7. The highest BCUT2D eigenvalue weighted by molar-refractivity contribution is 7.85. The Kier molecular flexibility index (Phi) is 8.18. The first-order chi connectivity index (χ1) is 24.3. The second-order valence-corrected chi connectivity index (χ2v) is 14.6. The van der Waals surface area contributed by atoms with Gasteiger partial charge in [0.05, 0.1) is 20.6 Å². The summed E-state index contributed by atoms with van der Waals surface area (Å²) in [6.07, 6.45) is 0. The van der Waals surface area contributed by atoms with Crippen LogP contribution < -0.4 is 9.80 Å². The Morgan fingerprint density at radius 2 is 0.640 bits per heavy atom. The van der Waals surface area contributed by atoms with Gasteiger partial charge in [-0.2, -0.15) is 0 Å². The Hall–Kier alpha value is -5.71. The molecule has 0 saturated carbocycles. The molecule has 1 heterocycles. The molecule has 0 N–H and O–H groups in total. The fourth-order valence-electron chi connectivity index (χ4n) is 6.69. The summed E-state index contributed by atoms with van der Waals surface area (Å²) in [6.45, 7) is 8.43. The molecule has 0 aromatic heterocycles. The first-order valence-corrected chi connectivity index (χ1v) is 18.1. The Bertz CT molecular complexity index is 2250. The van der Waals surface area contributed by atoms with Crippen LogP contribution in [-0.2, 0) is 10.8 Å². The summed E-state index contributed by atoms with van der Waals surface area (Å²) in [5, 5.41) is 0. The Balaban J connectivity index is 1.12. The van der Waals surface area contributed by atoms with Crippen molar-refractivity contribution in [1.82, 2.24) is 0 Å². The Morgan fingerprint density at radius 1 is 0.340 bits per heavy atom. The largest absolute Gasteiger partial charge is 0.311 e. The van der Waals surface area contributed by atoms with Crippen LogP contribution in [-0.4, -0.2) is 4.21 Å². The van der Waals surface area contributed by atoms with E-state index in [0.29, 0.717) is 0 Å². The molecule has 1 aliphatic rings. The van der Waals surface area contributed by atoms with Crippen molar-refractivity contribution in [2.75, 3.05) is 9.80 Å². The molecule has 0 spiro atoms. The van der Waals surface area contributed by atoms with Crippen molar-refractivity contribution < 1.29 is 4.21 Å². The smallest absolute Gasteiger partial charge is 0.0863 e. The molecule has 244 valence electrons. The number of benzene rings is 7. The lowest BCUT2D eigenvalue weighted by atomic mass is 9.99. The fourth-order valence-corrected chi connectivity index (χ4v) is 8.15. The Morgan fingerprint density at radius 3 is 1.06 bits per heavy atom. The molecule has 7 aromatic carbocycles. The van der Waals surface area contributed by atoms with E-state index in [1.807, 2.05) is 0 Å². The van der Waals surface area contributed by atoms with Gasteiger partial charge in [-0.05, 0) is 129 Å². The van der Waals surface area contributed by atoms with Gasteiger partial charge in [0, 0.05) is 34.1 Å². The first-order valence-electron chi connectivity index (χ1n) is 17.0. The van der Waals surface area contributed by atoms with Gasteiger partial charge in [-0.1, -0.05) is 101 Å². The van der Waals surface area contributed by atoms with Crippen LogP contribution in [0.3, 0.4) is 0 Å². The summed E-state index contributed by atoms with van der Waals surface area (Å²) >= 11 is 0. The van der Waals surface area contributed by atoms with Crippen molar-refractivity contribution in [3.63, 3.8) is 0 Å². The molecule has 7 aromatic rings. The Labute approximate surface area is 297 Å². The van der Waals surface area contributed by atoms with E-state index in [0.717, 1.165) is 66.2 Å². The zero-order chi connectivity index (χ0) is 34.4. The van der Waals surface area contributed by atoms with Gasteiger partial charge in [0.1, 0.15) is 0 Å². The molecule has 1 atom stereocenters. The third kappa shape index (κ3) is 5.93. The van der Waals surface area contributed by atoms with Crippen molar-refractivity contribution in [2.24, 2.45) is 0 Å². The summed E-state index contributed by atoms with van der Waals surface area (Å²) in [6, 6.07) is 55.8. The van der Waals surface area contributed by atoms with Gasteiger partial charge in [-0.3, -0.25) is 0 Å². The highest BCUT2D eigenvalue weighted by Gasteiger charge is 2.28. The van der Waals surface area contributed by atoms with Crippen LogP contribution in [0.1, 0.15) is 22.3 Å². The maximum absolute atomic E-state index is 14.2. The standard InChI is InChI=1S/C46H38N2OS/c1-31-5-16-37(17-6-31)47(38-18-7-32(2)8-19-38)41-24-13-35(14-25-41)36-15-27-43-44-28-26-42(30-46(44)50(49)45(43)29-36)48(39-20-9-33(3)10-21-39)40-22-11-34(4)12-23-40/h5-30H,1-4H3. The minimum atomic E-state index is -1.30. The number of nitrogens with zero attached hydrogens (tertiary/aromatic N) is 2. The summed E-state index contributed by atoms with van der Waals surface area (Å²) in [7, 11) is -1.30. The van der Waals surface area contributed by atoms with E-state index in [4.69, 9.17) is 0 Å². The predicted molar refractivity (Wildman–Crippen MR) is 210 cm³/mol. The molecule has 1 aliphatic heterocycles. The van der Waals surface area contributed by atoms with Crippen molar-refractivity contribution in [2.45, 2.75) is 37.5 Å². The van der Waals surface area contributed by atoms with E-state index in [2.05, 4.69) is 195 Å². The van der Waals surface area contributed by atoms with Gasteiger partial charge in [0.15, 0.2) is 0 Å². The van der Waals surface area contributed by atoms with E-state index in [1.54, 1.807) is 0 Å². The van der Waals surface area contributed by atoms with Crippen LogP contribution >= 0.6 is 0 Å². The highest BCUT2D eigenvalue weighted by atomic mass is 32.2. The lowest BCUT2D eigenvalue weighted by Gasteiger charge is -2.26. The van der Waals surface area contributed by atoms with Crippen molar-refractivity contribution in [1.29, 1.82) is 0 Å². The second-order valence-electron chi connectivity index (χ2n) is 13.2. The van der Waals surface area contributed by atoms with E-state index >= 15 is 0 Å². The molecule has 0 radical (unpaired) electrons. The summed E-state index contributed by atoms with van der Waals surface area (Å²) in [4.78, 5) is 6.23. The van der Waals surface area contributed by atoms with Gasteiger partial charge < -0.3 is 9.80 Å². The first kappa shape index (κ1) is 31.6. The SMILES string of the molecule is Cc1ccc(N(c2ccc(C)cc2)c2ccc(-c3ccc4c(c3)S(=O)c3cc(N(c5ccc(C)cc5)c5ccc(C)cc5)ccc3-4)cc2)cc1. The van der Waals surface area contributed by atoms with Crippen LogP contribution in [0, 0.1) is 27.7 Å². The second kappa shape index (κ2) is 13.0. The zero-order valence-electron chi connectivity index (χ0n) is 28.7. The van der Waals surface area contributed by atoms with Crippen LogP contribution in [0.5, 0.6) is 0 Å². The average molecular weight is 667 g/mol. The third-order valence-electron chi connectivity index (χ3n) is 9.52. The molecule has 3 nitrogen and oxygen atoms in total. The number of fused-ring (bicyclic) bond motifs is 3. The minimum Gasteiger partial charge on any atom is -0.311 e. The van der Waals surface area contributed by atoms with Gasteiger partial charge in [0.25, 0.3) is 0 Å². The lowest BCUT2D eigenvalue weighted by molar-refractivity contribution is 0.685. The number of anilines is 6. The maximum Gasteiger partial charge on any atom is 0.0863 e. The summed E-state index contributed by atoms with van der Waals surface area (Å²) in [5.41, 5.74) is 15.5. The average Bonchev–Trinajstić information content (AvgIpc) is 3.42. The minimum absolute atomic E-state index is 0.848. The van der Waals surface area contributed by atoms with Crippen LogP contribution in [0.15, 0.2) is 168 Å². The predicted octanol–water partition coefficient (Wildman–Crippen LogP) is 12.7. The van der Waals surface area contributed by atoms with Crippen LogP contribution in [0.2, 0.25) is 0 Å². The van der Waals surface area contributed by atoms with E-state index in [9.17, 15) is 4.21 Å². The molecule has 4 heteroatoms. The van der Waals surface area contributed by atoms with Gasteiger partial charge >= 0.3 is 0 Å². The lowest BCUT2D eigenvalue weighted by Crippen LogP contribution is -2.10. The van der Waals surface area contributed by atoms with E-state index in [-0.39, 0.29) is 0 Å². The summed E-state index contributed by atoms with van der Waals surface area (Å²) in [5.74, 6) is 0. The zero-order valence-corrected chi connectivity index (χ0v) is 29.5. The van der Waals surface area contributed by atoms with Gasteiger partial charge in [0.2, 0.25) is 0 Å². The monoisotopic (exact) mass is 666 g/mol. The molecular formula is C46H38N2OS. The van der Waals surface area contributed by atoms with Gasteiger partial charge in [-0.15, -0.1) is 0 Å². The van der Waals surface area contributed by atoms with E-state index < -0.39 is 10.8 Å². The maximum atomic E-state index is 14.2. The molecule has 0 bridgehead atoms.